The van der Waals surface area contributed by atoms with Crippen LogP contribution in [-0.4, -0.2) is 55.2 Å². The van der Waals surface area contributed by atoms with Crippen molar-refractivity contribution in [3.63, 3.8) is 0 Å². The normalized spacial score (nSPS) is 40.8. The Morgan fingerprint density at radius 3 is 2.85 bits per heavy atom. The Balaban J connectivity index is 1.61. The summed E-state index contributed by atoms with van der Waals surface area (Å²) in [5.41, 5.74) is 0. The SMILES string of the molecule is COCCOCN1[C@H]2[C@H](O)C=C[C@H]21. The van der Waals surface area contributed by atoms with Gasteiger partial charge >= 0.3 is 0 Å². The molecule has 4 atom stereocenters. The third-order valence-electron chi connectivity index (χ3n) is 2.55. The summed E-state index contributed by atoms with van der Waals surface area (Å²) in [5.74, 6) is 0. The molecule has 1 aliphatic carbocycles. The minimum Gasteiger partial charge on any atom is -0.387 e. The van der Waals surface area contributed by atoms with E-state index in [1.54, 1.807) is 7.11 Å². The molecule has 4 nitrogen and oxygen atoms in total. The van der Waals surface area contributed by atoms with Crippen molar-refractivity contribution in [2.24, 2.45) is 0 Å². The molecule has 0 aromatic carbocycles. The Labute approximate surface area is 77.7 Å². The maximum absolute atomic E-state index is 9.40. The van der Waals surface area contributed by atoms with Crippen LogP contribution in [0.1, 0.15) is 0 Å². The summed E-state index contributed by atoms with van der Waals surface area (Å²) in [6.45, 7) is 1.84. The van der Waals surface area contributed by atoms with Crippen molar-refractivity contribution < 1.29 is 14.6 Å². The number of nitrogens with zero attached hydrogens (tertiary/aromatic N) is 1. The van der Waals surface area contributed by atoms with Gasteiger partial charge in [-0.1, -0.05) is 12.2 Å². The van der Waals surface area contributed by atoms with Crippen LogP contribution in [0.3, 0.4) is 0 Å². The van der Waals surface area contributed by atoms with Crippen LogP contribution in [0.15, 0.2) is 12.2 Å². The Morgan fingerprint density at radius 2 is 2.23 bits per heavy atom. The first-order valence-electron chi connectivity index (χ1n) is 4.53. The zero-order valence-electron chi connectivity index (χ0n) is 7.72. The number of aliphatic hydroxyl groups excluding tert-OH is 1. The number of methoxy groups -OCH3 is 1. The van der Waals surface area contributed by atoms with Gasteiger partial charge in [0, 0.05) is 13.2 Å². The van der Waals surface area contributed by atoms with E-state index in [4.69, 9.17) is 9.47 Å². The highest BCUT2D eigenvalue weighted by molar-refractivity contribution is 5.26. The van der Waals surface area contributed by atoms with Gasteiger partial charge in [-0.15, -0.1) is 0 Å². The summed E-state index contributed by atoms with van der Waals surface area (Å²) >= 11 is 0. The average molecular weight is 185 g/mol. The molecule has 2 aliphatic rings. The fourth-order valence-corrected chi connectivity index (χ4v) is 1.77. The second kappa shape index (κ2) is 3.75. The van der Waals surface area contributed by atoms with E-state index in [9.17, 15) is 5.11 Å². The standard InChI is InChI=1S/C9H15NO3/c1-12-4-5-13-6-10-7-2-3-8(11)9(7)10/h2-3,7-9,11H,4-6H2,1H3/t7-,8-,9-,10?/m1/s1. The molecule has 0 radical (unpaired) electrons. The molecule has 0 bridgehead atoms. The Bertz CT molecular complexity index is 207. The predicted molar refractivity (Wildman–Crippen MR) is 47.3 cm³/mol. The van der Waals surface area contributed by atoms with E-state index in [1.165, 1.54) is 0 Å². The van der Waals surface area contributed by atoms with E-state index < -0.39 is 0 Å². The second-order valence-electron chi connectivity index (χ2n) is 3.40. The summed E-state index contributed by atoms with van der Waals surface area (Å²) in [4.78, 5) is 2.13. The van der Waals surface area contributed by atoms with Gasteiger partial charge in [-0.05, 0) is 0 Å². The number of hydrogen-bond donors (Lipinski definition) is 1. The molecular weight excluding hydrogens is 170 g/mol. The van der Waals surface area contributed by atoms with Gasteiger partial charge in [-0.2, -0.15) is 0 Å². The van der Waals surface area contributed by atoms with Crippen LogP contribution >= 0.6 is 0 Å². The van der Waals surface area contributed by atoms with Crippen molar-refractivity contribution >= 4 is 0 Å². The molecule has 1 saturated heterocycles. The quantitative estimate of drug-likeness (QED) is 0.359. The topological polar surface area (TPSA) is 41.7 Å². The largest absolute Gasteiger partial charge is 0.387 e. The lowest BCUT2D eigenvalue weighted by Gasteiger charge is -2.08. The molecule has 1 unspecified atom stereocenters. The van der Waals surface area contributed by atoms with Crippen molar-refractivity contribution in [1.82, 2.24) is 4.90 Å². The third-order valence-corrected chi connectivity index (χ3v) is 2.55. The molecule has 1 N–H and O–H groups in total. The van der Waals surface area contributed by atoms with Gasteiger partial charge in [0.1, 0.15) is 6.73 Å². The molecule has 1 heterocycles. The molecule has 1 fully saturated rings. The molecule has 0 aromatic rings. The van der Waals surface area contributed by atoms with Crippen LogP contribution in [0.4, 0.5) is 0 Å². The Morgan fingerprint density at radius 1 is 1.38 bits per heavy atom. The summed E-state index contributed by atoms with van der Waals surface area (Å²) in [5, 5.41) is 9.40. The van der Waals surface area contributed by atoms with Crippen molar-refractivity contribution in [3.05, 3.63) is 12.2 Å². The summed E-state index contributed by atoms with van der Waals surface area (Å²) < 4.78 is 10.2. The molecule has 74 valence electrons. The van der Waals surface area contributed by atoms with Crippen LogP contribution in [0.2, 0.25) is 0 Å². The summed E-state index contributed by atoms with van der Waals surface area (Å²) in [6, 6.07) is 0.695. The Hall–Kier alpha value is -0.420. The van der Waals surface area contributed by atoms with Gasteiger partial charge in [-0.3, -0.25) is 4.90 Å². The van der Waals surface area contributed by atoms with Gasteiger partial charge in [0.05, 0.1) is 25.4 Å². The van der Waals surface area contributed by atoms with E-state index in [0.717, 1.165) is 0 Å². The highest BCUT2D eigenvalue weighted by Crippen LogP contribution is 2.37. The number of rotatable bonds is 5. The first-order valence-corrected chi connectivity index (χ1v) is 4.53. The van der Waals surface area contributed by atoms with Gasteiger partial charge in [0.25, 0.3) is 0 Å². The minimum absolute atomic E-state index is 0.280. The highest BCUT2D eigenvalue weighted by Gasteiger charge is 2.52. The van der Waals surface area contributed by atoms with Gasteiger partial charge in [0.2, 0.25) is 0 Å². The molecule has 0 saturated carbocycles. The first kappa shape index (κ1) is 9.15. The van der Waals surface area contributed by atoms with Crippen molar-refractivity contribution in [3.8, 4) is 0 Å². The molecule has 4 heteroatoms. The minimum atomic E-state index is -0.295. The lowest BCUT2D eigenvalue weighted by molar-refractivity contribution is 0.0292. The van der Waals surface area contributed by atoms with Crippen LogP contribution in [0.5, 0.6) is 0 Å². The van der Waals surface area contributed by atoms with E-state index in [1.807, 2.05) is 12.2 Å². The molecule has 0 spiro atoms. The van der Waals surface area contributed by atoms with Crippen LogP contribution in [0, 0.1) is 0 Å². The fourth-order valence-electron chi connectivity index (χ4n) is 1.77. The molecule has 2 rings (SSSR count). The Kier molecular flexibility index (Phi) is 2.64. The van der Waals surface area contributed by atoms with E-state index in [2.05, 4.69) is 4.90 Å². The molecule has 0 amide bonds. The smallest absolute Gasteiger partial charge is 0.100 e. The monoisotopic (exact) mass is 185 g/mol. The summed E-state index contributed by atoms with van der Waals surface area (Å²) in [7, 11) is 1.65. The molecule has 13 heavy (non-hydrogen) atoms. The lowest BCUT2D eigenvalue weighted by Crippen LogP contribution is -2.19. The first-order chi connectivity index (χ1) is 6.34. The maximum Gasteiger partial charge on any atom is 0.100 e. The van der Waals surface area contributed by atoms with Gasteiger partial charge in [0.15, 0.2) is 0 Å². The van der Waals surface area contributed by atoms with Crippen molar-refractivity contribution in [2.75, 3.05) is 27.1 Å². The molecule has 1 aliphatic heterocycles. The van der Waals surface area contributed by atoms with Crippen molar-refractivity contribution in [2.45, 2.75) is 18.2 Å². The highest BCUT2D eigenvalue weighted by atomic mass is 16.5. The molecular formula is C9H15NO3. The zero-order valence-corrected chi connectivity index (χ0v) is 7.72. The summed E-state index contributed by atoms with van der Waals surface area (Å²) in [6.07, 6.45) is 3.59. The van der Waals surface area contributed by atoms with Crippen molar-refractivity contribution in [1.29, 1.82) is 0 Å². The maximum atomic E-state index is 9.40. The third kappa shape index (κ3) is 1.76. The van der Waals surface area contributed by atoms with E-state index in [0.29, 0.717) is 26.0 Å². The second-order valence-corrected chi connectivity index (χ2v) is 3.40. The number of ether oxygens (including phenoxy) is 2. The van der Waals surface area contributed by atoms with Gasteiger partial charge < -0.3 is 14.6 Å². The van der Waals surface area contributed by atoms with Crippen LogP contribution < -0.4 is 0 Å². The van der Waals surface area contributed by atoms with Crippen LogP contribution in [0.25, 0.3) is 0 Å². The fraction of sp³-hybridized carbons (Fsp3) is 0.778. The van der Waals surface area contributed by atoms with Gasteiger partial charge in [-0.25, -0.2) is 0 Å². The zero-order chi connectivity index (χ0) is 9.26. The predicted octanol–water partition coefficient (Wildman–Crippen LogP) is -0.410. The van der Waals surface area contributed by atoms with E-state index >= 15 is 0 Å². The van der Waals surface area contributed by atoms with Crippen LogP contribution in [-0.2, 0) is 9.47 Å². The number of aliphatic hydroxyl groups is 1. The number of hydrogen-bond acceptors (Lipinski definition) is 4. The molecule has 0 aromatic heterocycles. The van der Waals surface area contributed by atoms with E-state index in [-0.39, 0.29) is 12.1 Å². The number of fused-ring (bicyclic) bond motifs is 1. The lowest BCUT2D eigenvalue weighted by atomic mass is 10.3. The average Bonchev–Trinajstić information content (AvgIpc) is 2.69.